The largest absolute Gasteiger partial charge is 0.507 e. The maximum atomic E-state index is 13.5. The minimum Gasteiger partial charge on any atom is -0.507 e. The summed E-state index contributed by atoms with van der Waals surface area (Å²) in [5.41, 5.74) is 4.93. The zero-order valence-electron chi connectivity index (χ0n) is 22.7. The summed E-state index contributed by atoms with van der Waals surface area (Å²) in [6.45, 7) is 4.10. The molecule has 1 unspecified atom stereocenters. The summed E-state index contributed by atoms with van der Waals surface area (Å²) in [7, 11) is 7.03. The van der Waals surface area contributed by atoms with Gasteiger partial charge in [-0.1, -0.05) is 30.3 Å². The Bertz CT molecular complexity index is 1370. The van der Waals surface area contributed by atoms with Crippen molar-refractivity contribution < 1.29 is 24.2 Å². The summed E-state index contributed by atoms with van der Waals surface area (Å²) < 4.78 is 10.8. The van der Waals surface area contributed by atoms with Crippen molar-refractivity contribution in [1.82, 2.24) is 4.90 Å². The van der Waals surface area contributed by atoms with Crippen LogP contribution in [0.2, 0.25) is 0 Å². The molecule has 1 N–H and O–H groups in total. The summed E-state index contributed by atoms with van der Waals surface area (Å²) >= 11 is 0. The van der Waals surface area contributed by atoms with E-state index < -0.39 is 17.7 Å². The number of aryl methyl sites for hydroxylation is 2. The lowest BCUT2D eigenvalue weighted by Gasteiger charge is -2.26. The van der Waals surface area contributed by atoms with Gasteiger partial charge in [-0.15, -0.1) is 0 Å². The monoisotopic (exact) mass is 514 g/mol. The molecule has 1 amide bonds. The Kier molecular flexibility index (Phi) is 7.76. The molecule has 0 saturated carbocycles. The number of carbonyl (C=O) groups is 2. The van der Waals surface area contributed by atoms with E-state index in [4.69, 9.17) is 9.47 Å². The van der Waals surface area contributed by atoms with Crippen LogP contribution in [0.5, 0.6) is 11.5 Å². The highest BCUT2D eigenvalue weighted by Gasteiger charge is 2.46. The predicted octanol–water partition coefficient (Wildman–Crippen LogP) is 5.05. The SMILES string of the molecule is COc1ccc(CCN2C(=O)C(=O)/C(=C(/O)c3cc(C)cc(C)c3OC)C2c2ccc(N(C)C)cc2)cc1. The van der Waals surface area contributed by atoms with Crippen molar-refractivity contribution in [3.8, 4) is 11.5 Å². The molecule has 3 aromatic rings. The third-order valence-electron chi connectivity index (χ3n) is 6.94. The highest BCUT2D eigenvalue weighted by Crippen LogP contribution is 2.42. The number of benzene rings is 3. The van der Waals surface area contributed by atoms with Crippen LogP contribution in [0.1, 0.15) is 33.9 Å². The van der Waals surface area contributed by atoms with Gasteiger partial charge in [-0.3, -0.25) is 9.59 Å². The number of aliphatic hydroxyl groups excluding tert-OH is 1. The number of ether oxygens (including phenoxy) is 2. The molecule has 1 saturated heterocycles. The van der Waals surface area contributed by atoms with E-state index in [-0.39, 0.29) is 11.3 Å². The number of ketones is 1. The molecule has 7 nitrogen and oxygen atoms in total. The fourth-order valence-electron chi connectivity index (χ4n) is 5.00. The minimum atomic E-state index is -0.741. The van der Waals surface area contributed by atoms with Crippen molar-refractivity contribution in [2.45, 2.75) is 26.3 Å². The van der Waals surface area contributed by atoms with Gasteiger partial charge in [-0.05, 0) is 72.9 Å². The normalized spacial score (nSPS) is 16.6. The average molecular weight is 515 g/mol. The second kappa shape index (κ2) is 11.0. The Labute approximate surface area is 223 Å². The topological polar surface area (TPSA) is 79.3 Å². The van der Waals surface area contributed by atoms with Gasteiger partial charge >= 0.3 is 0 Å². The Morgan fingerprint density at radius 2 is 1.61 bits per heavy atom. The zero-order valence-corrected chi connectivity index (χ0v) is 22.7. The van der Waals surface area contributed by atoms with Crippen LogP contribution in [0.4, 0.5) is 5.69 Å². The molecule has 7 heteroatoms. The quantitative estimate of drug-likeness (QED) is 0.257. The van der Waals surface area contributed by atoms with E-state index in [2.05, 4.69) is 0 Å². The molecule has 3 aromatic carbocycles. The number of nitrogens with zero attached hydrogens (tertiary/aromatic N) is 2. The number of likely N-dealkylation sites (tertiary alicyclic amines) is 1. The van der Waals surface area contributed by atoms with Crippen LogP contribution in [0.3, 0.4) is 0 Å². The number of methoxy groups -OCH3 is 2. The smallest absolute Gasteiger partial charge is 0.295 e. The fraction of sp³-hybridized carbons (Fsp3) is 0.290. The molecule has 1 aliphatic rings. The lowest BCUT2D eigenvalue weighted by atomic mass is 9.93. The molecule has 1 heterocycles. The van der Waals surface area contributed by atoms with Crippen LogP contribution in [0.25, 0.3) is 5.76 Å². The van der Waals surface area contributed by atoms with Crippen molar-refractivity contribution in [3.63, 3.8) is 0 Å². The van der Waals surface area contributed by atoms with Crippen LogP contribution in [-0.4, -0.2) is 56.6 Å². The number of hydrogen-bond donors (Lipinski definition) is 1. The van der Waals surface area contributed by atoms with Crippen molar-refractivity contribution in [2.75, 3.05) is 39.8 Å². The highest BCUT2D eigenvalue weighted by molar-refractivity contribution is 6.46. The first-order chi connectivity index (χ1) is 18.2. The van der Waals surface area contributed by atoms with Gasteiger partial charge in [0, 0.05) is 26.3 Å². The molecule has 0 aliphatic carbocycles. The minimum absolute atomic E-state index is 0.0608. The van der Waals surface area contributed by atoms with Gasteiger partial charge in [-0.2, -0.15) is 0 Å². The fourth-order valence-corrected chi connectivity index (χ4v) is 5.00. The number of anilines is 1. The third kappa shape index (κ3) is 5.09. The molecule has 1 atom stereocenters. The van der Waals surface area contributed by atoms with Crippen molar-refractivity contribution in [3.05, 3.63) is 94.1 Å². The van der Waals surface area contributed by atoms with Gasteiger partial charge in [0.05, 0.1) is 31.4 Å². The van der Waals surface area contributed by atoms with Gasteiger partial charge in [0.2, 0.25) is 0 Å². The maximum absolute atomic E-state index is 13.5. The highest BCUT2D eigenvalue weighted by atomic mass is 16.5. The number of rotatable bonds is 8. The Balaban J connectivity index is 1.82. The van der Waals surface area contributed by atoms with Crippen molar-refractivity contribution in [2.24, 2.45) is 0 Å². The standard InChI is InChI=1S/C31H34N2O5/c1-19-17-20(2)30(38-6)25(18-19)28(34)26-27(22-9-11-23(12-10-22)32(3)4)33(31(36)29(26)35)16-15-21-7-13-24(37-5)14-8-21/h7-14,17-18,27,34H,15-16H2,1-6H3/b28-26+. The molecule has 198 valence electrons. The summed E-state index contributed by atoms with van der Waals surface area (Å²) in [6.07, 6.45) is 0.538. The molecule has 38 heavy (non-hydrogen) atoms. The van der Waals surface area contributed by atoms with Crippen molar-refractivity contribution >= 4 is 23.1 Å². The van der Waals surface area contributed by atoms with E-state index in [0.717, 1.165) is 33.7 Å². The number of aliphatic hydroxyl groups is 1. The van der Waals surface area contributed by atoms with Crippen LogP contribution < -0.4 is 14.4 Å². The predicted molar refractivity (Wildman–Crippen MR) is 149 cm³/mol. The molecule has 0 bridgehead atoms. The maximum Gasteiger partial charge on any atom is 0.295 e. The van der Waals surface area contributed by atoms with Gasteiger partial charge in [0.25, 0.3) is 11.7 Å². The first-order valence-electron chi connectivity index (χ1n) is 12.5. The lowest BCUT2D eigenvalue weighted by molar-refractivity contribution is -0.139. The Morgan fingerprint density at radius 1 is 0.947 bits per heavy atom. The number of Topliss-reactive ketones (excluding diaryl/α,β-unsaturated/α-hetero) is 1. The van der Waals surface area contributed by atoms with E-state index in [1.165, 1.54) is 7.11 Å². The zero-order chi connectivity index (χ0) is 27.6. The van der Waals surface area contributed by atoms with Gasteiger partial charge < -0.3 is 24.4 Å². The molecule has 0 spiro atoms. The number of amides is 1. The molecule has 0 aromatic heterocycles. The number of carbonyl (C=O) groups excluding carboxylic acids is 2. The van der Waals surface area contributed by atoms with Gasteiger partial charge in [-0.25, -0.2) is 0 Å². The van der Waals surface area contributed by atoms with E-state index >= 15 is 0 Å². The lowest BCUT2D eigenvalue weighted by Crippen LogP contribution is -2.31. The summed E-state index contributed by atoms with van der Waals surface area (Å²) in [5, 5.41) is 11.6. The van der Waals surface area contributed by atoms with Gasteiger partial charge in [0.1, 0.15) is 17.3 Å². The van der Waals surface area contributed by atoms with Gasteiger partial charge in [0.15, 0.2) is 0 Å². The first kappa shape index (κ1) is 26.8. The van der Waals surface area contributed by atoms with E-state index in [1.807, 2.05) is 87.4 Å². The first-order valence-corrected chi connectivity index (χ1v) is 12.5. The molecule has 1 fully saturated rings. The summed E-state index contributed by atoms with van der Waals surface area (Å²) in [4.78, 5) is 30.4. The third-order valence-corrected chi connectivity index (χ3v) is 6.94. The van der Waals surface area contributed by atoms with E-state index in [9.17, 15) is 14.7 Å². The molecular formula is C31H34N2O5. The molecule has 4 rings (SSSR count). The van der Waals surface area contributed by atoms with E-state index in [0.29, 0.717) is 24.3 Å². The van der Waals surface area contributed by atoms with Crippen LogP contribution in [0, 0.1) is 13.8 Å². The molecule has 0 radical (unpaired) electrons. The van der Waals surface area contributed by atoms with Crippen molar-refractivity contribution in [1.29, 1.82) is 0 Å². The second-order valence-corrected chi connectivity index (χ2v) is 9.74. The van der Waals surface area contributed by atoms with E-state index in [1.54, 1.807) is 18.1 Å². The summed E-state index contributed by atoms with van der Waals surface area (Å²) in [6, 6.07) is 18.3. The Morgan fingerprint density at radius 3 is 2.18 bits per heavy atom. The van der Waals surface area contributed by atoms with Crippen LogP contribution in [-0.2, 0) is 16.0 Å². The second-order valence-electron chi connectivity index (χ2n) is 9.74. The average Bonchev–Trinajstić information content (AvgIpc) is 3.16. The van der Waals surface area contributed by atoms with Crippen LogP contribution in [0.15, 0.2) is 66.2 Å². The number of hydrogen-bond acceptors (Lipinski definition) is 6. The molecule has 1 aliphatic heterocycles. The Hall–Kier alpha value is -4.26. The molecular weight excluding hydrogens is 480 g/mol. The summed E-state index contributed by atoms with van der Waals surface area (Å²) in [5.74, 6) is -0.359. The van der Waals surface area contributed by atoms with Crippen LogP contribution >= 0.6 is 0 Å².